The van der Waals surface area contributed by atoms with Crippen molar-refractivity contribution in [2.45, 2.75) is 75.0 Å². The minimum Gasteiger partial charge on any atom is -0.350 e. The average Bonchev–Trinajstić information content (AvgIpc) is 2.63. The minimum absolute atomic E-state index is 0. The van der Waals surface area contributed by atoms with Gasteiger partial charge >= 0.3 is 0 Å². The summed E-state index contributed by atoms with van der Waals surface area (Å²) >= 11 is 0. The molecule has 102 valence electrons. The van der Waals surface area contributed by atoms with Gasteiger partial charge in [-0.05, 0) is 19.8 Å². The van der Waals surface area contributed by atoms with Gasteiger partial charge in [-0.15, -0.1) is 0 Å². The molecule has 0 spiro atoms. The van der Waals surface area contributed by atoms with Crippen LogP contribution in [0.3, 0.4) is 0 Å². The lowest BCUT2D eigenvalue weighted by atomic mass is 9.81. The zero-order valence-corrected chi connectivity index (χ0v) is 10.6. The molecule has 0 atom stereocenters. The Morgan fingerprint density at radius 2 is 1.06 bits per heavy atom. The highest BCUT2D eigenvalue weighted by molar-refractivity contribution is 4.96. The second-order valence-electron chi connectivity index (χ2n) is 3.70. The molecular formula is C14H34O2. The SMILES string of the molecule is C.C.CC.CC.CC12CCOC1(C)OCC2. The summed E-state index contributed by atoms with van der Waals surface area (Å²) in [6, 6.07) is 0. The van der Waals surface area contributed by atoms with Gasteiger partial charge in [0, 0.05) is 5.41 Å². The monoisotopic (exact) mass is 234 g/mol. The number of hydrogen-bond donors (Lipinski definition) is 0. The standard InChI is InChI=1S/C8H14O2.2C2H6.2CH4/c1-7-3-5-9-8(7,2)10-6-4-7;2*1-2;;/h3-6H2,1-2H3;2*1-2H3;2*1H4. The Hall–Kier alpha value is -0.0800. The van der Waals surface area contributed by atoms with Gasteiger partial charge in [-0.3, -0.25) is 0 Å². The van der Waals surface area contributed by atoms with Gasteiger partial charge < -0.3 is 9.47 Å². The van der Waals surface area contributed by atoms with E-state index in [4.69, 9.17) is 9.47 Å². The van der Waals surface area contributed by atoms with Crippen molar-refractivity contribution in [3.8, 4) is 0 Å². The van der Waals surface area contributed by atoms with Gasteiger partial charge in [-0.2, -0.15) is 0 Å². The molecule has 0 aliphatic carbocycles. The van der Waals surface area contributed by atoms with Crippen LogP contribution in [-0.4, -0.2) is 19.0 Å². The quantitative estimate of drug-likeness (QED) is 0.595. The maximum atomic E-state index is 5.55. The van der Waals surface area contributed by atoms with Crippen molar-refractivity contribution in [1.82, 2.24) is 0 Å². The molecule has 0 amide bonds. The third-order valence-electron chi connectivity index (χ3n) is 3.16. The summed E-state index contributed by atoms with van der Waals surface area (Å²) in [7, 11) is 0. The van der Waals surface area contributed by atoms with E-state index in [1.54, 1.807) is 0 Å². The fourth-order valence-corrected chi connectivity index (χ4v) is 1.91. The van der Waals surface area contributed by atoms with Crippen LogP contribution in [0.5, 0.6) is 0 Å². The molecule has 0 unspecified atom stereocenters. The molecule has 0 aromatic carbocycles. The molecule has 2 heteroatoms. The lowest BCUT2D eigenvalue weighted by Crippen LogP contribution is -2.36. The van der Waals surface area contributed by atoms with E-state index in [0.717, 1.165) is 26.1 Å². The Balaban J connectivity index is -0.000000257. The molecule has 2 nitrogen and oxygen atoms in total. The molecule has 2 rings (SSSR count). The lowest BCUT2D eigenvalue weighted by molar-refractivity contribution is -0.200. The van der Waals surface area contributed by atoms with E-state index in [0.29, 0.717) is 5.41 Å². The first-order valence-electron chi connectivity index (χ1n) is 5.94. The normalized spacial score (nSPS) is 34.1. The predicted octanol–water partition coefficient (Wildman–Crippen LogP) is 4.87. The third-order valence-corrected chi connectivity index (χ3v) is 3.16. The highest BCUT2D eigenvalue weighted by atomic mass is 16.7. The zero-order chi connectivity index (χ0) is 11.2. The van der Waals surface area contributed by atoms with E-state index >= 15 is 0 Å². The Kier molecular flexibility index (Phi) is 11.9. The highest BCUT2D eigenvalue weighted by Gasteiger charge is 2.54. The molecule has 0 radical (unpaired) electrons. The molecule has 2 fully saturated rings. The first-order valence-corrected chi connectivity index (χ1v) is 5.94. The molecule has 0 saturated carbocycles. The highest BCUT2D eigenvalue weighted by Crippen LogP contribution is 2.50. The smallest absolute Gasteiger partial charge is 0.170 e. The van der Waals surface area contributed by atoms with Gasteiger partial charge in [0.25, 0.3) is 0 Å². The number of hydrogen-bond acceptors (Lipinski definition) is 2. The van der Waals surface area contributed by atoms with Crippen LogP contribution in [0.2, 0.25) is 0 Å². The Labute approximate surface area is 104 Å². The maximum Gasteiger partial charge on any atom is 0.170 e. The Morgan fingerprint density at radius 3 is 1.31 bits per heavy atom. The third kappa shape index (κ3) is 3.74. The van der Waals surface area contributed by atoms with E-state index < -0.39 is 0 Å². The van der Waals surface area contributed by atoms with Crippen LogP contribution < -0.4 is 0 Å². The number of fused-ring (bicyclic) bond motifs is 1. The molecule has 16 heavy (non-hydrogen) atoms. The number of ether oxygens (including phenoxy) is 2. The van der Waals surface area contributed by atoms with Crippen molar-refractivity contribution < 1.29 is 9.47 Å². The summed E-state index contributed by atoms with van der Waals surface area (Å²) in [5.74, 6) is -0.257. The molecule has 2 heterocycles. The first kappa shape index (κ1) is 21.2. The molecule has 2 aliphatic rings. The summed E-state index contributed by atoms with van der Waals surface area (Å²) in [6.45, 7) is 14.1. The van der Waals surface area contributed by atoms with Crippen LogP contribution in [0.1, 0.15) is 69.2 Å². The second kappa shape index (κ2) is 9.00. The molecule has 0 aromatic heterocycles. The van der Waals surface area contributed by atoms with Crippen LogP contribution in [0.15, 0.2) is 0 Å². The van der Waals surface area contributed by atoms with Gasteiger partial charge in [-0.25, -0.2) is 0 Å². The molecule has 0 aromatic rings. The van der Waals surface area contributed by atoms with E-state index in [1.165, 1.54) is 0 Å². The Bertz CT molecular complexity index is 129. The number of rotatable bonds is 0. The molecule has 0 N–H and O–H groups in total. The van der Waals surface area contributed by atoms with Crippen LogP contribution in [-0.2, 0) is 9.47 Å². The fourth-order valence-electron chi connectivity index (χ4n) is 1.91. The lowest BCUT2D eigenvalue weighted by Gasteiger charge is -2.30. The largest absolute Gasteiger partial charge is 0.350 e. The van der Waals surface area contributed by atoms with Crippen LogP contribution >= 0.6 is 0 Å². The first-order chi connectivity index (χ1) is 6.66. The predicted molar refractivity (Wildman–Crippen MR) is 73.8 cm³/mol. The average molecular weight is 234 g/mol. The van der Waals surface area contributed by atoms with E-state index in [-0.39, 0.29) is 20.6 Å². The summed E-state index contributed by atoms with van der Waals surface area (Å²) in [6.07, 6.45) is 2.31. The summed E-state index contributed by atoms with van der Waals surface area (Å²) in [4.78, 5) is 0. The van der Waals surface area contributed by atoms with E-state index in [9.17, 15) is 0 Å². The summed E-state index contributed by atoms with van der Waals surface area (Å²) in [5.41, 5.74) is 0.299. The van der Waals surface area contributed by atoms with Gasteiger partial charge in [0.1, 0.15) is 0 Å². The van der Waals surface area contributed by atoms with Crippen LogP contribution in [0.4, 0.5) is 0 Å². The van der Waals surface area contributed by atoms with E-state index in [2.05, 4.69) is 13.8 Å². The van der Waals surface area contributed by atoms with Crippen molar-refractivity contribution in [2.24, 2.45) is 5.41 Å². The van der Waals surface area contributed by atoms with Crippen LogP contribution in [0, 0.1) is 5.41 Å². The molecular weight excluding hydrogens is 200 g/mol. The topological polar surface area (TPSA) is 18.5 Å². The molecule has 2 saturated heterocycles. The van der Waals surface area contributed by atoms with Crippen molar-refractivity contribution in [3.05, 3.63) is 0 Å². The van der Waals surface area contributed by atoms with Crippen molar-refractivity contribution >= 4 is 0 Å². The van der Waals surface area contributed by atoms with E-state index in [1.807, 2.05) is 27.7 Å². The molecule has 0 bridgehead atoms. The van der Waals surface area contributed by atoms with Gasteiger partial charge in [0.15, 0.2) is 5.79 Å². The van der Waals surface area contributed by atoms with Crippen molar-refractivity contribution in [2.75, 3.05) is 13.2 Å². The zero-order valence-electron chi connectivity index (χ0n) is 10.6. The van der Waals surface area contributed by atoms with Gasteiger partial charge in [0.05, 0.1) is 13.2 Å². The minimum atomic E-state index is -0.257. The molecule has 2 aliphatic heterocycles. The van der Waals surface area contributed by atoms with Crippen molar-refractivity contribution in [1.29, 1.82) is 0 Å². The maximum absolute atomic E-state index is 5.55. The summed E-state index contributed by atoms with van der Waals surface area (Å²) < 4.78 is 11.1. The van der Waals surface area contributed by atoms with Crippen LogP contribution in [0.25, 0.3) is 0 Å². The Morgan fingerprint density at radius 1 is 0.750 bits per heavy atom. The fraction of sp³-hybridized carbons (Fsp3) is 1.00. The van der Waals surface area contributed by atoms with Crippen molar-refractivity contribution in [3.63, 3.8) is 0 Å². The van der Waals surface area contributed by atoms with Gasteiger partial charge in [0.2, 0.25) is 0 Å². The second-order valence-corrected chi connectivity index (χ2v) is 3.70. The summed E-state index contributed by atoms with van der Waals surface area (Å²) in [5, 5.41) is 0. The van der Waals surface area contributed by atoms with Gasteiger partial charge in [-0.1, -0.05) is 49.5 Å².